The van der Waals surface area contributed by atoms with Crippen LogP contribution in [0.2, 0.25) is 0 Å². The van der Waals surface area contributed by atoms with Gasteiger partial charge in [0.15, 0.2) is 16.4 Å². The van der Waals surface area contributed by atoms with Crippen molar-refractivity contribution < 1.29 is 4.74 Å². The molecule has 28 heavy (non-hydrogen) atoms. The summed E-state index contributed by atoms with van der Waals surface area (Å²) in [6.45, 7) is 13.5. The van der Waals surface area contributed by atoms with E-state index in [9.17, 15) is 0 Å². The highest BCUT2D eigenvalue weighted by Gasteiger charge is 2.39. The molecule has 0 radical (unpaired) electrons. The molecule has 1 heterocycles. The third-order valence-corrected chi connectivity index (χ3v) is 7.57. The van der Waals surface area contributed by atoms with Crippen molar-refractivity contribution in [2.24, 2.45) is 0 Å². The van der Waals surface area contributed by atoms with Crippen LogP contribution in [0.4, 0.5) is 0 Å². The Kier molecular flexibility index (Phi) is 4.58. The maximum atomic E-state index is 6.35. The second-order valence-corrected chi connectivity index (χ2v) is 11.5. The van der Waals surface area contributed by atoms with E-state index in [4.69, 9.17) is 4.74 Å². The van der Waals surface area contributed by atoms with Gasteiger partial charge in [-0.05, 0) is 58.4 Å². The fourth-order valence-corrected chi connectivity index (χ4v) is 5.69. The molecule has 0 N–H and O–H groups in total. The van der Waals surface area contributed by atoms with Crippen LogP contribution in [0.25, 0.3) is 0 Å². The van der Waals surface area contributed by atoms with Crippen molar-refractivity contribution in [3.8, 4) is 11.5 Å². The maximum absolute atomic E-state index is 6.35. The number of para-hydroxylation sites is 1. The second kappa shape index (κ2) is 6.70. The van der Waals surface area contributed by atoms with Crippen molar-refractivity contribution in [1.29, 1.82) is 0 Å². The molecule has 0 saturated heterocycles. The summed E-state index contributed by atoms with van der Waals surface area (Å²) in [5.41, 5.74) is 2.93. The molecule has 1 unspecified atom stereocenters. The Balaban J connectivity index is 1.86. The van der Waals surface area contributed by atoms with Crippen molar-refractivity contribution in [2.45, 2.75) is 67.1 Å². The van der Waals surface area contributed by atoms with E-state index >= 15 is 0 Å². The maximum Gasteiger partial charge on any atom is 0.209 e. The molecule has 1 nitrogen and oxygen atoms in total. The lowest BCUT2D eigenvalue weighted by atomic mass is 9.87. The van der Waals surface area contributed by atoms with Gasteiger partial charge in [-0.15, -0.1) is 0 Å². The number of hydrogen-bond donors (Lipinski definition) is 0. The van der Waals surface area contributed by atoms with Gasteiger partial charge in [0, 0.05) is 0 Å². The third-order valence-electron chi connectivity index (χ3n) is 5.27. The minimum atomic E-state index is -0.153. The van der Waals surface area contributed by atoms with E-state index in [0.29, 0.717) is 0 Å². The van der Waals surface area contributed by atoms with E-state index in [0.717, 1.165) is 11.5 Å². The summed E-state index contributed by atoms with van der Waals surface area (Å²) in [5, 5.41) is 0. The quantitative estimate of drug-likeness (QED) is 0.307. The van der Waals surface area contributed by atoms with E-state index in [2.05, 4.69) is 108 Å². The van der Waals surface area contributed by atoms with Crippen molar-refractivity contribution in [2.75, 3.05) is 0 Å². The average molecular weight is 390 g/mol. The Labute approximate surface area is 172 Å². The molecule has 0 amide bonds. The predicted molar refractivity (Wildman–Crippen MR) is 119 cm³/mol. The Morgan fingerprint density at radius 2 is 1.18 bits per heavy atom. The van der Waals surface area contributed by atoms with Crippen molar-refractivity contribution in [1.82, 2.24) is 0 Å². The van der Waals surface area contributed by atoms with Crippen LogP contribution in [0.5, 0.6) is 11.5 Å². The fraction of sp³-hybridized carbons (Fsp3) is 0.308. The molecule has 2 heteroatoms. The Morgan fingerprint density at radius 1 is 0.607 bits per heavy atom. The van der Waals surface area contributed by atoms with Gasteiger partial charge < -0.3 is 4.74 Å². The zero-order chi connectivity index (χ0) is 20.1. The van der Waals surface area contributed by atoms with Crippen LogP contribution in [-0.4, -0.2) is 0 Å². The molecule has 4 rings (SSSR count). The smallest absolute Gasteiger partial charge is 0.209 e. The van der Waals surface area contributed by atoms with Crippen molar-refractivity contribution in [3.63, 3.8) is 0 Å². The van der Waals surface area contributed by atoms with Gasteiger partial charge in [0.05, 0.1) is 0 Å². The lowest BCUT2D eigenvalue weighted by Crippen LogP contribution is -2.16. The van der Waals surface area contributed by atoms with E-state index in [1.807, 2.05) is 0 Å². The molecule has 144 valence electrons. The highest BCUT2D eigenvalue weighted by Crippen LogP contribution is 2.48. The Hall–Kier alpha value is -2.19. The minimum Gasteiger partial charge on any atom is -0.447 e. The molecule has 3 aromatic carbocycles. The summed E-state index contributed by atoms with van der Waals surface area (Å²) in [5.74, 6) is 1.97. The van der Waals surface area contributed by atoms with Crippen LogP contribution in [-0.2, 0) is 21.7 Å². The van der Waals surface area contributed by atoms with Gasteiger partial charge in [0.2, 0.25) is 9.79 Å². The van der Waals surface area contributed by atoms with E-state index in [1.165, 1.54) is 25.8 Å². The molecule has 0 spiro atoms. The standard InChI is InChI=1S/C26H29OS/c1-25(2,3)18-11-14-20(15-12-18)28-23-10-8-7-9-21(23)27-22-17-19(26(4,5)6)13-16-24(22)28/h7-17H,1-6H3/q+1. The first-order valence-corrected chi connectivity index (χ1v) is 11.1. The first-order chi connectivity index (χ1) is 13.1. The predicted octanol–water partition coefficient (Wildman–Crippen LogP) is 7.48. The van der Waals surface area contributed by atoms with Gasteiger partial charge in [0.1, 0.15) is 10.9 Å². The van der Waals surface area contributed by atoms with Crippen molar-refractivity contribution >= 4 is 10.9 Å². The molecule has 0 fully saturated rings. The highest BCUT2D eigenvalue weighted by molar-refractivity contribution is 7.97. The van der Waals surface area contributed by atoms with Crippen LogP contribution in [0.3, 0.4) is 0 Å². The highest BCUT2D eigenvalue weighted by atomic mass is 32.2. The summed E-state index contributed by atoms with van der Waals surface area (Å²) in [6.07, 6.45) is 0. The first-order valence-electron chi connectivity index (χ1n) is 9.91. The number of rotatable bonds is 1. The lowest BCUT2D eigenvalue weighted by Gasteiger charge is -2.24. The normalized spacial score (nSPS) is 16.1. The topological polar surface area (TPSA) is 9.23 Å². The van der Waals surface area contributed by atoms with Crippen LogP contribution >= 0.6 is 0 Å². The average Bonchev–Trinajstić information content (AvgIpc) is 2.64. The van der Waals surface area contributed by atoms with Gasteiger partial charge in [-0.25, -0.2) is 0 Å². The Bertz CT molecular complexity index is 1000. The van der Waals surface area contributed by atoms with Gasteiger partial charge in [-0.3, -0.25) is 0 Å². The van der Waals surface area contributed by atoms with Crippen LogP contribution in [0, 0.1) is 0 Å². The monoisotopic (exact) mass is 389 g/mol. The molecule has 0 aliphatic carbocycles. The third kappa shape index (κ3) is 3.46. The summed E-state index contributed by atoms with van der Waals surface area (Å²) < 4.78 is 6.35. The number of hydrogen-bond acceptors (Lipinski definition) is 1. The zero-order valence-corrected chi connectivity index (χ0v) is 18.5. The van der Waals surface area contributed by atoms with Gasteiger partial charge in [-0.2, -0.15) is 0 Å². The van der Waals surface area contributed by atoms with E-state index in [1.54, 1.807) is 0 Å². The summed E-state index contributed by atoms with van der Waals surface area (Å²) in [4.78, 5) is 3.88. The SMILES string of the molecule is CC(C)(C)c1ccc([S+]2c3ccccc3Oc3cc(C(C)(C)C)ccc32)cc1. The van der Waals surface area contributed by atoms with Crippen molar-refractivity contribution in [3.05, 3.63) is 77.9 Å². The van der Waals surface area contributed by atoms with E-state index < -0.39 is 0 Å². The summed E-state index contributed by atoms with van der Waals surface area (Å²) >= 11 is 0. The molecule has 1 atom stereocenters. The van der Waals surface area contributed by atoms with Crippen LogP contribution in [0.1, 0.15) is 52.7 Å². The van der Waals surface area contributed by atoms with Gasteiger partial charge in [-0.1, -0.05) is 71.9 Å². The summed E-state index contributed by atoms with van der Waals surface area (Å²) in [7, 11) is -0.153. The summed E-state index contributed by atoms with van der Waals surface area (Å²) in [6, 6.07) is 24.4. The number of benzene rings is 3. The molecule has 1 aliphatic rings. The lowest BCUT2D eigenvalue weighted by molar-refractivity contribution is 0.449. The van der Waals surface area contributed by atoms with Crippen LogP contribution < -0.4 is 4.74 Å². The Morgan fingerprint density at radius 3 is 1.82 bits per heavy atom. The molecule has 1 aliphatic heterocycles. The van der Waals surface area contributed by atoms with Gasteiger partial charge in [0.25, 0.3) is 0 Å². The fourth-order valence-electron chi connectivity index (χ4n) is 3.51. The zero-order valence-electron chi connectivity index (χ0n) is 17.7. The van der Waals surface area contributed by atoms with Gasteiger partial charge >= 0.3 is 0 Å². The molecule has 0 aromatic heterocycles. The van der Waals surface area contributed by atoms with Crippen LogP contribution in [0.15, 0.2) is 81.4 Å². The largest absolute Gasteiger partial charge is 0.447 e. The number of fused-ring (bicyclic) bond motifs is 2. The first kappa shape index (κ1) is 19.1. The number of ether oxygens (including phenoxy) is 1. The molecule has 0 bridgehead atoms. The molecular weight excluding hydrogens is 360 g/mol. The molecular formula is C26H29OS+. The molecule has 3 aromatic rings. The molecule has 0 saturated carbocycles. The second-order valence-electron chi connectivity index (χ2n) is 9.54. The minimum absolute atomic E-state index is 0.0995. The van der Waals surface area contributed by atoms with E-state index in [-0.39, 0.29) is 21.7 Å².